The van der Waals surface area contributed by atoms with Gasteiger partial charge in [-0.25, -0.2) is 14.4 Å². The largest absolute Gasteiger partial charge is 0.455 e. The molecule has 0 unspecified atom stereocenters. The van der Waals surface area contributed by atoms with E-state index in [0.29, 0.717) is 0 Å². The maximum atomic E-state index is 12.6. The zero-order valence-electron chi connectivity index (χ0n) is 18.5. The molecule has 9 heteroatoms. The number of carbonyl (C=O) groups excluding carboxylic acids is 4. The van der Waals surface area contributed by atoms with E-state index in [1.54, 1.807) is 0 Å². The van der Waals surface area contributed by atoms with Crippen LogP contribution in [0.1, 0.15) is 41.5 Å². The lowest BCUT2D eigenvalue weighted by Gasteiger charge is -2.47. The molecular weight excluding hydrogens is 408 g/mol. The second-order valence-electron chi connectivity index (χ2n) is 8.50. The minimum Gasteiger partial charge on any atom is -0.455 e. The van der Waals surface area contributed by atoms with E-state index in [4.69, 9.17) is 18.9 Å². The molecule has 0 bridgehead atoms. The number of hydrogen-bond acceptors (Lipinski definition) is 9. The number of cyclic esters (lactones) is 1. The predicted octanol–water partition coefficient (Wildman–Crippen LogP) is 1.54. The van der Waals surface area contributed by atoms with Crippen LogP contribution in [-0.2, 0) is 38.1 Å². The second-order valence-corrected chi connectivity index (χ2v) is 8.50. The molecule has 1 fully saturated rings. The van der Waals surface area contributed by atoms with Gasteiger partial charge in [0.2, 0.25) is 0 Å². The molecule has 1 saturated heterocycles. The Morgan fingerprint density at radius 3 is 2.23 bits per heavy atom. The van der Waals surface area contributed by atoms with Crippen LogP contribution in [0.5, 0.6) is 0 Å². The molecule has 31 heavy (non-hydrogen) atoms. The minimum absolute atomic E-state index is 0.0446. The highest BCUT2D eigenvalue weighted by Crippen LogP contribution is 2.42. The smallest absolute Gasteiger partial charge is 0.334 e. The van der Waals surface area contributed by atoms with E-state index in [0.717, 1.165) is 6.92 Å². The summed E-state index contributed by atoms with van der Waals surface area (Å²) in [6, 6.07) is 0. The van der Waals surface area contributed by atoms with Gasteiger partial charge in [0.25, 0.3) is 0 Å². The van der Waals surface area contributed by atoms with E-state index in [9.17, 15) is 24.3 Å². The Bertz CT molecular complexity index is 877. The minimum atomic E-state index is -2.07. The molecule has 2 heterocycles. The molecule has 5 atom stereocenters. The van der Waals surface area contributed by atoms with Gasteiger partial charge in [-0.05, 0) is 40.7 Å². The first-order valence-electron chi connectivity index (χ1n) is 9.67. The molecule has 2 aliphatic rings. The van der Waals surface area contributed by atoms with Gasteiger partial charge in [0.15, 0.2) is 12.2 Å². The molecule has 0 aromatic carbocycles. The van der Waals surface area contributed by atoms with E-state index in [1.165, 1.54) is 40.7 Å². The van der Waals surface area contributed by atoms with Crippen molar-refractivity contribution in [2.24, 2.45) is 5.92 Å². The maximum absolute atomic E-state index is 12.6. The Kier molecular flexibility index (Phi) is 6.51. The lowest BCUT2D eigenvalue weighted by atomic mass is 9.74. The average Bonchev–Trinajstić information content (AvgIpc) is 2.89. The lowest BCUT2D eigenvalue weighted by Crippen LogP contribution is -2.65. The molecule has 0 spiro atoms. The molecule has 0 amide bonds. The van der Waals surface area contributed by atoms with Crippen LogP contribution in [0.3, 0.4) is 0 Å². The standard InChI is InChI=1S/C22H28O9/c1-10(2)18(24)30-16-15-12(4)20(26)29-14(15)9-11(3)19(25)31-21(6,7)22(8,27)17(16)28-13(5)23/h9,14-17,27H,1,4H2,2-3,5-8H3/b11-9-/t14-,15-,16-,17-,22+/m0/s1. The van der Waals surface area contributed by atoms with Gasteiger partial charge in [0.05, 0.1) is 5.92 Å². The first-order valence-corrected chi connectivity index (χ1v) is 9.67. The molecular formula is C22H28O9. The normalized spacial score (nSPS) is 34.4. The van der Waals surface area contributed by atoms with Crippen molar-refractivity contribution < 1.29 is 43.2 Å². The highest BCUT2D eigenvalue weighted by molar-refractivity contribution is 5.93. The summed E-state index contributed by atoms with van der Waals surface area (Å²) in [7, 11) is 0. The fraction of sp³-hybridized carbons (Fsp3) is 0.545. The fourth-order valence-electron chi connectivity index (χ4n) is 3.43. The first kappa shape index (κ1) is 24.3. The van der Waals surface area contributed by atoms with Crippen LogP contribution in [0.25, 0.3) is 0 Å². The van der Waals surface area contributed by atoms with E-state index >= 15 is 0 Å². The van der Waals surface area contributed by atoms with Gasteiger partial charge in [-0.2, -0.15) is 0 Å². The summed E-state index contributed by atoms with van der Waals surface area (Å²) < 4.78 is 21.8. The van der Waals surface area contributed by atoms with Crippen LogP contribution in [0.4, 0.5) is 0 Å². The van der Waals surface area contributed by atoms with Crippen molar-refractivity contribution in [3.8, 4) is 0 Å². The van der Waals surface area contributed by atoms with Crippen molar-refractivity contribution in [3.05, 3.63) is 36.0 Å². The summed E-state index contributed by atoms with van der Waals surface area (Å²) in [6.45, 7) is 15.4. The third-order valence-electron chi connectivity index (χ3n) is 5.66. The molecule has 0 aliphatic carbocycles. The molecule has 1 N–H and O–H groups in total. The van der Waals surface area contributed by atoms with Gasteiger partial charge in [-0.3, -0.25) is 4.79 Å². The van der Waals surface area contributed by atoms with Gasteiger partial charge >= 0.3 is 23.9 Å². The number of esters is 4. The zero-order chi connectivity index (χ0) is 23.9. The van der Waals surface area contributed by atoms with E-state index < -0.39 is 59.3 Å². The van der Waals surface area contributed by atoms with Crippen molar-refractivity contribution >= 4 is 23.9 Å². The number of ether oxygens (including phenoxy) is 4. The molecule has 0 radical (unpaired) electrons. The first-order chi connectivity index (χ1) is 14.1. The van der Waals surface area contributed by atoms with E-state index in [-0.39, 0.29) is 16.7 Å². The van der Waals surface area contributed by atoms with Gasteiger partial charge in [-0.15, -0.1) is 0 Å². The SMILES string of the molecule is C=C(C)C(=O)O[C@H]1[C@H]2C(=C)C(=O)O[C@H]2/C=C(/C)C(=O)OC(C)(C)[C@](C)(O)[C@H]1OC(C)=O. The number of carbonyl (C=O) groups is 4. The second kappa shape index (κ2) is 8.30. The van der Waals surface area contributed by atoms with E-state index in [2.05, 4.69) is 13.2 Å². The van der Waals surface area contributed by atoms with Crippen molar-refractivity contribution in [1.29, 1.82) is 0 Å². The highest BCUT2D eigenvalue weighted by atomic mass is 16.6. The Labute approximate surface area is 180 Å². The summed E-state index contributed by atoms with van der Waals surface area (Å²) in [4.78, 5) is 49.3. The average molecular weight is 436 g/mol. The van der Waals surface area contributed by atoms with Crippen molar-refractivity contribution in [3.63, 3.8) is 0 Å². The van der Waals surface area contributed by atoms with Crippen LogP contribution in [0, 0.1) is 5.92 Å². The summed E-state index contributed by atoms with van der Waals surface area (Å²) in [5.41, 5.74) is -3.58. The molecule has 0 aromatic rings. The predicted molar refractivity (Wildman–Crippen MR) is 107 cm³/mol. The van der Waals surface area contributed by atoms with Crippen LogP contribution in [0.15, 0.2) is 36.0 Å². The van der Waals surface area contributed by atoms with Gasteiger partial charge < -0.3 is 24.1 Å². The number of rotatable bonds is 3. The molecule has 0 aromatic heterocycles. The molecule has 2 rings (SSSR count). The summed E-state index contributed by atoms with van der Waals surface area (Å²) in [5, 5.41) is 11.5. The van der Waals surface area contributed by atoms with Gasteiger partial charge in [0, 0.05) is 23.6 Å². The fourth-order valence-corrected chi connectivity index (χ4v) is 3.43. The zero-order valence-corrected chi connectivity index (χ0v) is 18.5. The van der Waals surface area contributed by atoms with Crippen molar-refractivity contribution in [2.45, 2.75) is 71.1 Å². The highest BCUT2D eigenvalue weighted by Gasteiger charge is 2.59. The topological polar surface area (TPSA) is 125 Å². The molecule has 9 nitrogen and oxygen atoms in total. The number of aliphatic hydroxyl groups is 1. The Balaban J connectivity index is 2.80. The monoisotopic (exact) mass is 436 g/mol. The summed E-state index contributed by atoms with van der Waals surface area (Å²) in [5.74, 6) is -4.22. The van der Waals surface area contributed by atoms with Gasteiger partial charge in [0.1, 0.15) is 17.3 Å². The number of fused-ring (bicyclic) bond motifs is 1. The lowest BCUT2D eigenvalue weighted by molar-refractivity contribution is -0.236. The third kappa shape index (κ3) is 4.56. The molecule has 170 valence electrons. The van der Waals surface area contributed by atoms with Crippen LogP contribution < -0.4 is 0 Å². The summed E-state index contributed by atoms with van der Waals surface area (Å²) >= 11 is 0. The Morgan fingerprint density at radius 1 is 1.13 bits per heavy atom. The van der Waals surface area contributed by atoms with Crippen molar-refractivity contribution in [1.82, 2.24) is 0 Å². The van der Waals surface area contributed by atoms with Crippen LogP contribution in [0.2, 0.25) is 0 Å². The van der Waals surface area contributed by atoms with Crippen LogP contribution in [-0.4, -0.2) is 58.5 Å². The summed E-state index contributed by atoms with van der Waals surface area (Å²) in [6.07, 6.45) is -2.69. The molecule has 2 aliphatic heterocycles. The van der Waals surface area contributed by atoms with Crippen molar-refractivity contribution in [2.75, 3.05) is 0 Å². The number of hydrogen-bond donors (Lipinski definition) is 1. The van der Waals surface area contributed by atoms with E-state index in [1.807, 2.05) is 0 Å². The Hall–Kier alpha value is -2.94. The quantitative estimate of drug-likeness (QED) is 0.398. The molecule has 0 saturated carbocycles. The third-order valence-corrected chi connectivity index (χ3v) is 5.66. The van der Waals surface area contributed by atoms with Gasteiger partial charge in [-0.1, -0.05) is 13.2 Å². The Morgan fingerprint density at radius 2 is 1.71 bits per heavy atom. The maximum Gasteiger partial charge on any atom is 0.334 e. The van der Waals surface area contributed by atoms with Crippen LogP contribution >= 0.6 is 0 Å².